The van der Waals surface area contributed by atoms with Gasteiger partial charge in [-0.1, -0.05) is 69.2 Å². The van der Waals surface area contributed by atoms with E-state index < -0.39 is 0 Å². The molecule has 2 unspecified atom stereocenters. The average molecular weight is 609 g/mol. The number of carbonyl (C=O) groups is 2. The number of anilines is 1. The third-order valence-electron chi connectivity index (χ3n) is 7.36. The van der Waals surface area contributed by atoms with Crippen LogP contribution in [0.5, 0.6) is 28.7 Å². The molecule has 2 N–H and O–H groups in total. The van der Waals surface area contributed by atoms with E-state index >= 15 is 0 Å². The Balaban J connectivity index is 1.68. The molecule has 4 aromatic rings. The standard InChI is InChI=1S/C38H44N2O5/c1-24(2)38(39-25(3)4)34(23-37(42)45-33-19-13-30(14-20-33)40-28(7)41)29-12-21-35(43-31-15-8-26(5)9-16-31)36(22-29)44-32-17-10-27(6)11-18-32/h8-22,24-25,34,38-39H,23H2,1-7H3,(H,40,41). The predicted octanol–water partition coefficient (Wildman–Crippen LogP) is 8.95. The van der Waals surface area contributed by atoms with Crippen molar-refractivity contribution >= 4 is 17.6 Å². The number of benzene rings is 4. The minimum atomic E-state index is -0.357. The van der Waals surface area contributed by atoms with E-state index in [4.69, 9.17) is 14.2 Å². The minimum Gasteiger partial charge on any atom is -0.453 e. The van der Waals surface area contributed by atoms with E-state index in [0.29, 0.717) is 34.4 Å². The van der Waals surface area contributed by atoms with E-state index in [0.717, 1.165) is 16.7 Å². The van der Waals surface area contributed by atoms with Crippen molar-refractivity contribution in [2.45, 2.75) is 72.9 Å². The Bertz CT molecular complexity index is 1560. The molecule has 0 radical (unpaired) electrons. The molecular formula is C38H44N2O5. The maximum absolute atomic E-state index is 13.4. The predicted molar refractivity (Wildman–Crippen MR) is 180 cm³/mol. The molecule has 0 aromatic heterocycles. The number of hydrogen-bond donors (Lipinski definition) is 2. The van der Waals surface area contributed by atoms with E-state index in [1.54, 1.807) is 24.3 Å². The summed E-state index contributed by atoms with van der Waals surface area (Å²) in [5, 5.41) is 6.41. The molecule has 236 valence electrons. The third-order valence-corrected chi connectivity index (χ3v) is 7.36. The van der Waals surface area contributed by atoms with Gasteiger partial charge in [0, 0.05) is 30.6 Å². The van der Waals surface area contributed by atoms with Crippen LogP contribution in [0.4, 0.5) is 5.69 Å². The van der Waals surface area contributed by atoms with Gasteiger partial charge < -0.3 is 24.8 Å². The third kappa shape index (κ3) is 9.95. The van der Waals surface area contributed by atoms with Crippen LogP contribution in [0, 0.1) is 19.8 Å². The summed E-state index contributed by atoms with van der Waals surface area (Å²) >= 11 is 0. The van der Waals surface area contributed by atoms with Crippen LogP contribution in [0.1, 0.15) is 63.6 Å². The summed E-state index contributed by atoms with van der Waals surface area (Å²) in [6.45, 7) is 14.0. The van der Waals surface area contributed by atoms with Crippen molar-refractivity contribution in [2.24, 2.45) is 5.92 Å². The molecule has 0 saturated heterocycles. The lowest BCUT2D eigenvalue weighted by atomic mass is 9.82. The Hall–Kier alpha value is -4.62. The first-order chi connectivity index (χ1) is 21.5. The monoisotopic (exact) mass is 608 g/mol. The van der Waals surface area contributed by atoms with E-state index in [2.05, 4.69) is 38.3 Å². The number of nitrogens with one attached hydrogen (secondary N) is 2. The van der Waals surface area contributed by atoms with Gasteiger partial charge in [-0.25, -0.2) is 0 Å². The molecule has 4 rings (SSSR count). The van der Waals surface area contributed by atoms with Crippen LogP contribution >= 0.6 is 0 Å². The summed E-state index contributed by atoms with van der Waals surface area (Å²) in [5.74, 6) is 2.39. The smallest absolute Gasteiger partial charge is 0.311 e. The maximum Gasteiger partial charge on any atom is 0.311 e. The number of hydrogen-bond acceptors (Lipinski definition) is 6. The quantitative estimate of drug-likeness (QED) is 0.116. The first kappa shape index (κ1) is 33.3. The average Bonchev–Trinajstić information content (AvgIpc) is 2.98. The van der Waals surface area contributed by atoms with Crippen LogP contribution in [0.15, 0.2) is 91.0 Å². The SMILES string of the molecule is CC(=O)Nc1ccc(OC(=O)CC(c2ccc(Oc3ccc(C)cc3)c(Oc3ccc(C)cc3)c2)C(NC(C)C)C(C)C)cc1. The number of carbonyl (C=O) groups excluding carboxylic acids is 2. The van der Waals surface area contributed by atoms with Gasteiger partial charge in [-0.05, 0) is 86.0 Å². The lowest BCUT2D eigenvalue weighted by Gasteiger charge is -2.33. The number of amides is 1. The second-order valence-corrected chi connectivity index (χ2v) is 12.1. The molecule has 0 bridgehead atoms. The lowest BCUT2D eigenvalue weighted by Crippen LogP contribution is -2.43. The Morgan fingerprint density at radius 1 is 0.689 bits per heavy atom. The fraction of sp³-hybridized carbons (Fsp3) is 0.316. The van der Waals surface area contributed by atoms with Crippen molar-refractivity contribution in [3.05, 3.63) is 108 Å². The van der Waals surface area contributed by atoms with Crippen molar-refractivity contribution in [1.82, 2.24) is 5.32 Å². The van der Waals surface area contributed by atoms with Gasteiger partial charge in [-0.2, -0.15) is 0 Å². The fourth-order valence-electron chi connectivity index (χ4n) is 5.16. The molecule has 0 saturated carbocycles. The summed E-state index contributed by atoms with van der Waals surface area (Å²) in [6, 6.07) is 28.6. The van der Waals surface area contributed by atoms with Gasteiger partial charge in [0.25, 0.3) is 0 Å². The van der Waals surface area contributed by atoms with Gasteiger partial charge in [0.05, 0.1) is 6.42 Å². The zero-order chi connectivity index (χ0) is 32.5. The van der Waals surface area contributed by atoms with E-state index in [-0.39, 0.29) is 42.2 Å². The Morgan fingerprint density at radius 2 is 1.22 bits per heavy atom. The number of ether oxygens (including phenoxy) is 3. The van der Waals surface area contributed by atoms with Gasteiger partial charge in [0.1, 0.15) is 17.2 Å². The summed E-state index contributed by atoms with van der Waals surface area (Å²) in [6.07, 6.45) is 0.137. The molecule has 0 spiro atoms. The molecule has 0 aliphatic rings. The summed E-state index contributed by atoms with van der Waals surface area (Å²) in [7, 11) is 0. The van der Waals surface area contributed by atoms with Gasteiger partial charge in [0.2, 0.25) is 5.91 Å². The Kier molecular flexibility index (Phi) is 11.4. The zero-order valence-electron chi connectivity index (χ0n) is 27.2. The van der Waals surface area contributed by atoms with Gasteiger partial charge in [-0.3, -0.25) is 9.59 Å². The number of aryl methyl sites for hydroxylation is 2. The molecule has 7 heteroatoms. The van der Waals surface area contributed by atoms with E-state index in [1.807, 2.05) is 80.6 Å². The minimum absolute atomic E-state index is 0.0317. The number of esters is 1. The highest BCUT2D eigenvalue weighted by molar-refractivity contribution is 5.88. The second kappa shape index (κ2) is 15.4. The van der Waals surface area contributed by atoms with Crippen LogP contribution in [-0.4, -0.2) is 24.0 Å². The molecule has 0 aliphatic carbocycles. The lowest BCUT2D eigenvalue weighted by molar-refractivity contribution is -0.135. The summed E-state index contributed by atoms with van der Waals surface area (Å²) < 4.78 is 18.5. The van der Waals surface area contributed by atoms with Crippen LogP contribution in [-0.2, 0) is 9.59 Å². The topological polar surface area (TPSA) is 85.9 Å². The molecular weight excluding hydrogens is 564 g/mol. The first-order valence-electron chi connectivity index (χ1n) is 15.4. The van der Waals surface area contributed by atoms with E-state index in [1.165, 1.54) is 6.92 Å². The van der Waals surface area contributed by atoms with Crippen molar-refractivity contribution in [3.63, 3.8) is 0 Å². The molecule has 7 nitrogen and oxygen atoms in total. The molecule has 2 atom stereocenters. The first-order valence-corrected chi connectivity index (χ1v) is 15.4. The van der Waals surface area contributed by atoms with Crippen LogP contribution in [0.2, 0.25) is 0 Å². The fourth-order valence-corrected chi connectivity index (χ4v) is 5.16. The molecule has 0 aliphatic heterocycles. The van der Waals surface area contributed by atoms with Crippen LogP contribution < -0.4 is 24.8 Å². The van der Waals surface area contributed by atoms with E-state index in [9.17, 15) is 9.59 Å². The van der Waals surface area contributed by atoms with Crippen molar-refractivity contribution in [2.75, 3.05) is 5.32 Å². The molecule has 1 amide bonds. The van der Waals surface area contributed by atoms with Gasteiger partial charge in [-0.15, -0.1) is 0 Å². The zero-order valence-corrected chi connectivity index (χ0v) is 27.2. The second-order valence-electron chi connectivity index (χ2n) is 12.1. The Morgan fingerprint density at radius 3 is 1.73 bits per heavy atom. The van der Waals surface area contributed by atoms with Gasteiger partial charge in [0.15, 0.2) is 11.5 Å². The van der Waals surface area contributed by atoms with Crippen molar-refractivity contribution in [1.29, 1.82) is 0 Å². The number of rotatable bonds is 13. The Labute approximate surface area is 266 Å². The van der Waals surface area contributed by atoms with Crippen LogP contribution in [0.3, 0.4) is 0 Å². The van der Waals surface area contributed by atoms with Gasteiger partial charge >= 0.3 is 5.97 Å². The van der Waals surface area contributed by atoms with Crippen LogP contribution in [0.25, 0.3) is 0 Å². The molecule has 0 heterocycles. The molecule has 0 fully saturated rings. The highest BCUT2D eigenvalue weighted by atomic mass is 16.5. The molecule has 45 heavy (non-hydrogen) atoms. The molecule has 4 aromatic carbocycles. The van der Waals surface area contributed by atoms with Crippen molar-refractivity contribution < 1.29 is 23.8 Å². The normalized spacial score (nSPS) is 12.5. The largest absolute Gasteiger partial charge is 0.453 e. The summed E-state index contributed by atoms with van der Waals surface area (Å²) in [5.41, 5.74) is 3.84. The highest BCUT2D eigenvalue weighted by Crippen LogP contribution is 2.40. The maximum atomic E-state index is 13.4. The highest BCUT2D eigenvalue weighted by Gasteiger charge is 2.30. The summed E-state index contributed by atoms with van der Waals surface area (Å²) in [4.78, 5) is 24.8. The van der Waals surface area contributed by atoms with Crippen molar-refractivity contribution in [3.8, 4) is 28.7 Å².